The van der Waals surface area contributed by atoms with E-state index in [9.17, 15) is 9.59 Å². The van der Waals surface area contributed by atoms with Gasteiger partial charge in [0.2, 0.25) is 11.7 Å². The number of hydrogen-bond donors (Lipinski definition) is 0. The number of anilines is 2. The van der Waals surface area contributed by atoms with Gasteiger partial charge in [-0.15, -0.1) is 11.3 Å². The number of furan rings is 1. The number of benzene rings is 1. The smallest absolute Gasteiger partial charge is 0.374 e. The summed E-state index contributed by atoms with van der Waals surface area (Å²) < 4.78 is 12.6. The second kappa shape index (κ2) is 9.61. The third-order valence-corrected chi connectivity index (χ3v) is 5.61. The summed E-state index contributed by atoms with van der Waals surface area (Å²) in [4.78, 5) is 30.6. The number of carbonyl (C=O) groups excluding carboxylic acids is 2. The quantitative estimate of drug-likeness (QED) is 0.365. The Kier molecular flexibility index (Phi) is 6.46. The average Bonchev–Trinajstić information content (AvgIpc) is 3.56. The van der Waals surface area contributed by atoms with Crippen LogP contribution in [0.2, 0.25) is 0 Å². The van der Waals surface area contributed by atoms with Crippen molar-refractivity contribution in [3.63, 3.8) is 0 Å². The predicted molar refractivity (Wildman–Crippen MR) is 120 cm³/mol. The molecule has 4 rings (SSSR count). The van der Waals surface area contributed by atoms with E-state index in [0.29, 0.717) is 23.1 Å². The number of esters is 1. The molecule has 32 heavy (non-hydrogen) atoms. The van der Waals surface area contributed by atoms with E-state index in [4.69, 9.17) is 9.15 Å². The van der Waals surface area contributed by atoms with Crippen LogP contribution in [0, 0.1) is 0 Å². The van der Waals surface area contributed by atoms with E-state index in [2.05, 4.69) is 17.0 Å². The molecule has 0 atom stereocenters. The van der Waals surface area contributed by atoms with Gasteiger partial charge in [-0.2, -0.15) is 5.10 Å². The van der Waals surface area contributed by atoms with Gasteiger partial charge in [0.1, 0.15) is 12.4 Å². The molecule has 0 fully saturated rings. The van der Waals surface area contributed by atoms with Crippen molar-refractivity contribution in [3.8, 4) is 0 Å². The number of nitrogens with zero attached hydrogens (tertiary/aromatic N) is 4. The third kappa shape index (κ3) is 4.94. The first-order valence-electron chi connectivity index (χ1n) is 10.1. The van der Waals surface area contributed by atoms with Crippen molar-refractivity contribution in [1.29, 1.82) is 0 Å². The molecule has 0 saturated heterocycles. The maximum absolute atomic E-state index is 12.3. The standard InChI is InChI=1S/C23H22N4O4S/c1-3-17-5-7-19(8-6-17)27(16(2)28)23-25-18(15-32-23)14-30-22(29)21-10-9-20(31-21)13-26-12-4-11-24-26/h4-12,15H,3,13-14H2,1-2H3. The molecule has 0 aliphatic heterocycles. The van der Waals surface area contributed by atoms with E-state index in [0.717, 1.165) is 12.1 Å². The number of hydrogen-bond acceptors (Lipinski definition) is 7. The Morgan fingerprint density at radius 2 is 2.00 bits per heavy atom. The van der Waals surface area contributed by atoms with Gasteiger partial charge in [0.25, 0.3) is 0 Å². The maximum atomic E-state index is 12.3. The minimum atomic E-state index is -0.579. The number of rotatable bonds is 8. The van der Waals surface area contributed by atoms with Crippen LogP contribution in [0.3, 0.4) is 0 Å². The van der Waals surface area contributed by atoms with Crippen LogP contribution in [0.5, 0.6) is 0 Å². The SMILES string of the molecule is CCc1ccc(N(C(C)=O)c2nc(COC(=O)c3ccc(Cn4cccn4)o3)cs2)cc1. The molecule has 0 spiro atoms. The topological polar surface area (TPSA) is 90.5 Å². The van der Waals surface area contributed by atoms with Crippen molar-refractivity contribution >= 4 is 34.0 Å². The van der Waals surface area contributed by atoms with Gasteiger partial charge in [0.15, 0.2) is 5.13 Å². The summed E-state index contributed by atoms with van der Waals surface area (Å²) in [6.07, 6.45) is 4.41. The first kappa shape index (κ1) is 21.5. The molecule has 3 heterocycles. The van der Waals surface area contributed by atoms with Gasteiger partial charge in [0.05, 0.1) is 17.9 Å². The van der Waals surface area contributed by atoms with Crippen molar-refractivity contribution < 1.29 is 18.7 Å². The van der Waals surface area contributed by atoms with Gasteiger partial charge in [-0.1, -0.05) is 19.1 Å². The average molecular weight is 451 g/mol. The predicted octanol–water partition coefficient (Wildman–Crippen LogP) is 4.58. The highest BCUT2D eigenvalue weighted by atomic mass is 32.1. The third-order valence-electron chi connectivity index (χ3n) is 4.74. The van der Waals surface area contributed by atoms with Crippen LogP contribution in [0.4, 0.5) is 10.8 Å². The largest absolute Gasteiger partial charge is 0.453 e. The number of aryl methyl sites for hydroxylation is 1. The lowest BCUT2D eigenvalue weighted by Gasteiger charge is -2.18. The molecule has 164 valence electrons. The van der Waals surface area contributed by atoms with Crippen LogP contribution < -0.4 is 4.90 Å². The van der Waals surface area contributed by atoms with E-state index in [1.807, 2.05) is 36.5 Å². The molecule has 8 nitrogen and oxygen atoms in total. The lowest BCUT2D eigenvalue weighted by atomic mass is 10.1. The number of carbonyl (C=O) groups is 2. The molecule has 0 aliphatic carbocycles. The molecule has 0 aliphatic rings. The zero-order valence-electron chi connectivity index (χ0n) is 17.7. The summed E-state index contributed by atoms with van der Waals surface area (Å²) in [7, 11) is 0. The second-order valence-electron chi connectivity index (χ2n) is 7.04. The Labute approximate surface area is 189 Å². The maximum Gasteiger partial charge on any atom is 0.374 e. The molecule has 1 aromatic carbocycles. The Hall–Kier alpha value is -3.72. The first-order chi connectivity index (χ1) is 15.5. The lowest BCUT2D eigenvalue weighted by Crippen LogP contribution is -2.22. The number of thiazole rings is 1. The Morgan fingerprint density at radius 1 is 1.19 bits per heavy atom. The molecule has 0 saturated carbocycles. The van der Waals surface area contributed by atoms with Crippen LogP contribution in [0.25, 0.3) is 0 Å². The van der Waals surface area contributed by atoms with E-state index in [1.54, 1.807) is 33.3 Å². The molecule has 1 amide bonds. The van der Waals surface area contributed by atoms with E-state index < -0.39 is 5.97 Å². The van der Waals surface area contributed by atoms with E-state index in [1.165, 1.54) is 23.8 Å². The van der Waals surface area contributed by atoms with Gasteiger partial charge in [-0.05, 0) is 42.3 Å². The van der Waals surface area contributed by atoms with Crippen LogP contribution >= 0.6 is 11.3 Å². The van der Waals surface area contributed by atoms with Crippen LogP contribution in [0.1, 0.15) is 41.4 Å². The fraction of sp³-hybridized carbons (Fsp3) is 0.217. The summed E-state index contributed by atoms with van der Waals surface area (Å²) in [5.41, 5.74) is 2.49. The van der Waals surface area contributed by atoms with Crippen LogP contribution in [0.15, 0.2) is 64.7 Å². The van der Waals surface area contributed by atoms with Crippen LogP contribution in [-0.2, 0) is 29.1 Å². The van der Waals surface area contributed by atoms with Gasteiger partial charge < -0.3 is 9.15 Å². The minimum absolute atomic E-state index is 0.0228. The summed E-state index contributed by atoms with van der Waals surface area (Å²) in [6.45, 7) is 3.97. The first-order valence-corrected chi connectivity index (χ1v) is 11.0. The van der Waals surface area contributed by atoms with Crippen molar-refractivity contribution in [1.82, 2.24) is 14.8 Å². The molecule has 3 aromatic heterocycles. The van der Waals surface area contributed by atoms with Gasteiger partial charge in [-0.25, -0.2) is 9.78 Å². The van der Waals surface area contributed by atoms with Gasteiger partial charge in [0, 0.05) is 24.7 Å². The van der Waals surface area contributed by atoms with E-state index in [-0.39, 0.29) is 18.3 Å². The van der Waals surface area contributed by atoms with Crippen molar-refractivity contribution in [2.75, 3.05) is 4.90 Å². The molecule has 4 aromatic rings. The highest BCUT2D eigenvalue weighted by molar-refractivity contribution is 7.14. The molecule has 0 unspecified atom stereocenters. The van der Waals surface area contributed by atoms with Crippen LogP contribution in [-0.4, -0.2) is 26.6 Å². The molecule has 0 N–H and O–H groups in total. The monoisotopic (exact) mass is 450 g/mol. The van der Waals surface area contributed by atoms with E-state index >= 15 is 0 Å². The Balaban J connectivity index is 1.39. The summed E-state index contributed by atoms with van der Waals surface area (Å²) in [5.74, 6) is -0.0101. The summed E-state index contributed by atoms with van der Waals surface area (Å²) in [5, 5.41) is 6.40. The molecule has 0 bridgehead atoms. The van der Waals surface area contributed by atoms with Crippen molar-refractivity contribution in [3.05, 3.63) is 83.0 Å². The molecule has 9 heteroatoms. The number of amides is 1. The molecular formula is C23H22N4O4S. The molecule has 0 radical (unpaired) electrons. The highest BCUT2D eigenvalue weighted by Gasteiger charge is 2.19. The Bertz CT molecular complexity index is 1200. The van der Waals surface area contributed by atoms with Gasteiger partial charge >= 0.3 is 5.97 Å². The zero-order chi connectivity index (χ0) is 22.5. The van der Waals surface area contributed by atoms with Crippen molar-refractivity contribution in [2.24, 2.45) is 0 Å². The Morgan fingerprint density at radius 3 is 2.69 bits per heavy atom. The fourth-order valence-corrected chi connectivity index (χ4v) is 3.98. The van der Waals surface area contributed by atoms with Crippen molar-refractivity contribution in [2.45, 2.75) is 33.4 Å². The summed E-state index contributed by atoms with van der Waals surface area (Å²) >= 11 is 1.31. The zero-order valence-corrected chi connectivity index (χ0v) is 18.5. The fourth-order valence-electron chi connectivity index (χ4n) is 3.11. The minimum Gasteiger partial charge on any atom is -0.453 e. The molecular weight excluding hydrogens is 428 g/mol. The van der Waals surface area contributed by atoms with Gasteiger partial charge in [-0.3, -0.25) is 14.4 Å². The lowest BCUT2D eigenvalue weighted by molar-refractivity contribution is -0.115. The second-order valence-corrected chi connectivity index (χ2v) is 7.88. The normalized spacial score (nSPS) is 10.8. The summed E-state index contributed by atoms with van der Waals surface area (Å²) in [6, 6.07) is 12.9. The number of aromatic nitrogens is 3. The number of ether oxygens (including phenoxy) is 1. The highest BCUT2D eigenvalue weighted by Crippen LogP contribution is 2.29.